The topological polar surface area (TPSA) is 113 Å². The van der Waals surface area contributed by atoms with E-state index in [4.69, 9.17) is 4.74 Å². The molecule has 2 fully saturated rings. The summed E-state index contributed by atoms with van der Waals surface area (Å²) < 4.78 is 31.0. The minimum absolute atomic E-state index is 0.0905. The molecule has 0 radical (unpaired) electrons. The zero-order valence-electron chi connectivity index (χ0n) is 14.5. The SMILES string of the molecule is CC(C)(C)C(NS(C)(=O)=O)C(=O)N1C[C@H]2COCC[C@@]2(C(=O)O)C1. The summed E-state index contributed by atoms with van der Waals surface area (Å²) in [6.07, 6.45) is 1.37. The highest BCUT2D eigenvalue weighted by atomic mass is 32.2. The maximum atomic E-state index is 12.9. The summed E-state index contributed by atoms with van der Waals surface area (Å²) >= 11 is 0. The highest BCUT2D eigenvalue weighted by Crippen LogP contribution is 2.43. The second kappa shape index (κ2) is 6.27. The van der Waals surface area contributed by atoms with Crippen LogP contribution < -0.4 is 4.72 Å². The number of nitrogens with one attached hydrogen (secondary N) is 1. The highest BCUT2D eigenvalue weighted by Gasteiger charge is 2.56. The van der Waals surface area contributed by atoms with Crippen LogP contribution in [-0.2, 0) is 24.3 Å². The smallest absolute Gasteiger partial charge is 0.311 e. The molecule has 0 aromatic carbocycles. The molecule has 0 bridgehead atoms. The van der Waals surface area contributed by atoms with Crippen molar-refractivity contribution in [1.82, 2.24) is 9.62 Å². The van der Waals surface area contributed by atoms with E-state index >= 15 is 0 Å². The van der Waals surface area contributed by atoms with Gasteiger partial charge in [0.25, 0.3) is 0 Å². The predicted molar refractivity (Wildman–Crippen MR) is 86.8 cm³/mol. The van der Waals surface area contributed by atoms with Gasteiger partial charge >= 0.3 is 5.97 Å². The standard InChI is InChI=1S/C15H26N2O6S/c1-14(2,3)11(16-24(4,21)22)12(18)17-7-10-8-23-6-5-15(10,9-17)13(19)20/h10-11,16H,5-9H2,1-4H3,(H,19,20)/t10-,11?,15+/m0/s1. The first kappa shape index (κ1) is 19.1. The first-order chi connectivity index (χ1) is 10.9. The minimum Gasteiger partial charge on any atom is -0.481 e. The van der Waals surface area contributed by atoms with Crippen molar-refractivity contribution in [2.24, 2.45) is 16.7 Å². The van der Waals surface area contributed by atoms with Gasteiger partial charge in [-0.3, -0.25) is 9.59 Å². The van der Waals surface area contributed by atoms with Crippen LogP contribution in [0, 0.1) is 16.7 Å². The van der Waals surface area contributed by atoms with Crippen LogP contribution in [0.25, 0.3) is 0 Å². The molecule has 8 nitrogen and oxygen atoms in total. The van der Waals surface area contributed by atoms with E-state index in [0.717, 1.165) is 6.26 Å². The molecule has 0 spiro atoms. The van der Waals surface area contributed by atoms with Crippen LogP contribution in [0.3, 0.4) is 0 Å². The van der Waals surface area contributed by atoms with Gasteiger partial charge < -0.3 is 14.7 Å². The van der Waals surface area contributed by atoms with Gasteiger partial charge in [-0.15, -0.1) is 0 Å². The Morgan fingerprint density at radius 2 is 2.00 bits per heavy atom. The number of sulfonamides is 1. The van der Waals surface area contributed by atoms with Crippen LogP contribution >= 0.6 is 0 Å². The molecule has 2 N–H and O–H groups in total. The Balaban J connectivity index is 2.27. The summed E-state index contributed by atoms with van der Waals surface area (Å²) in [6, 6.07) is -0.945. The lowest BCUT2D eigenvalue weighted by molar-refractivity contribution is -0.157. The fourth-order valence-corrected chi connectivity index (χ4v) is 4.34. The fraction of sp³-hybridized carbons (Fsp3) is 0.867. The fourth-order valence-electron chi connectivity index (χ4n) is 3.46. The largest absolute Gasteiger partial charge is 0.481 e. The molecule has 138 valence electrons. The summed E-state index contributed by atoms with van der Waals surface area (Å²) in [6.45, 7) is 6.33. The van der Waals surface area contributed by atoms with E-state index in [1.807, 2.05) is 0 Å². The number of ether oxygens (including phenoxy) is 1. The Labute approximate surface area is 142 Å². The normalized spacial score (nSPS) is 29.2. The average molecular weight is 362 g/mol. The number of nitrogens with zero attached hydrogens (tertiary/aromatic N) is 1. The molecule has 0 aliphatic carbocycles. The molecule has 2 saturated heterocycles. The lowest BCUT2D eigenvalue weighted by atomic mass is 9.74. The number of hydrogen-bond donors (Lipinski definition) is 2. The maximum absolute atomic E-state index is 12.9. The Morgan fingerprint density at radius 3 is 2.46 bits per heavy atom. The number of amides is 1. The molecule has 1 amide bonds. The van der Waals surface area contributed by atoms with Gasteiger partial charge in [0.1, 0.15) is 6.04 Å². The summed E-state index contributed by atoms with van der Waals surface area (Å²) in [5, 5.41) is 9.68. The number of carboxylic acid groups (broad SMARTS) is 1. The van der Waals surface area contributed by atoms with Gasteiger partial charge in [0.2, 0.25) is 15.9 Å². The number of rotatable bonds is 4. The van der Waals surface area contributed by atoms with Gasteiger partial charge in [-0.25, -0.2) is 13.1 Å². The zero-order chi connectivity index (χ0) is 18.3. The van der Waals surface area contributed by atoms with Gasteiger partial charge in [0, 0.05) is 25.6 Å². The monoisotopic (exact) mass is 362 g/mol. The number of likely N-dealkylation sites (tertiary alicyclic amines) is 1. The van der Waals surface area contributed by atoms with Crippen molar-refractivity contribution in [2.75, 3.05) is 32.6 Å². The third-order valence-electron chi connectivity index (χ3n) is 4.89. The summed E-state index contributed by atoms with van der Waals surface area (Å²) in [5.41, 5.74) is -1.64. The molecule has 2 aliphatic heterocycles. The Bertz CT molecular complexity index is 626. The number of carboxylic acids is 1. The van der Waals surface area contributed by atoms with E-state index in [1.165, 1.54) is 4.90 Å². The van der Waals surface area contributed by atoms with Crippen molar-refractivity contribution in [3.8, 4) is 0 Å². The molecule has 2 heterocycles. The summed E-state index contributed by atoms with van der Waals surface area (Å²) in [7, 11) is -3.58. The van der Waals surface area contributed by atoms with Gasteiger partial charge in [-0.05, 0) is 11.8 Å². The van der Waals surface area contributed by atoms with Crippen molar-refractivity contribution < 1.29 is 27.9 Å². The zero-order valence-corrected chi connectivity index (χ0v) is 15.4. The quantitative estimate of drug-likeness (QED) is 0.722. The first-order valence-corrected chi connectivity index (χ1v) is 9.83. The number of hydrogen-bond acceptors (Lipinski definition) is 5. The number of fused-ring (bicyclic) bond motifs is 1. The van der Waals surface area contributed by atoms with Crippen LogP contribution in [0.4, 0.5) is 0 Å². The Morgan fingerprint density at radius 1 is 1.38 bits per heavy atom. The first-order valence-electron chi connectivity index (χ1n) is 7.94. The number of aliphatic carboxylic acids is 1. The highest BCUT2D eigenvalue weighted by molar-refractivity contribution is 7.88. The molecular weight excluding hydrogens is 336 g/mol. The molecular formula is C15H26N2O6S. The van der Waals surface area contributed by atoms with Gasteiger partial charge in [0.15, 0.2) is 0 Å². The maximum Gasteiger partial charge on any atom is 0.311 e. The molecule has 2 rings (SSSR count). The molecule has 3 atom stereocenters. The third-order valence-corrected chi connectivity index (χ3v) is 5.55. The number of carbonyl (C=O) groups excluding carboxylic acids is 1. The second-order valence-corrected chi connectivity index (χ2v) is 9.67. The molecule has 0 saturated carbocycles. The molecule has 1 unspecified atom stereocenters. The van der Waals surface area contributed by atoms with Crippen molar-refractivity contribution in [2.45, 2.75) is 33.2 Å². The van der Waals surface area contributed by atoms with E-state index in [1.54, 1.807) is 20.8 Å². The van der Waals surface area contributed by atoms with E-state index in [2.05, 4.69) is 4.72 Å². The molecule has 9 heteroatoms. The van der Waals surface area contributed by atoms with Crippen LogP contribution in [0.5, 0.6) is 0 Å². The van der Waals surface area contributed by atoms with E-state index in [0.29, 0.717) is 19.6 Å². The summed E-state index contributed by atoms with van der Waals surface area (Å²) in [5.74, 6) is -1.58. The van der Waals surface area contributed by atoms with Gasteiger partial charge in [-0.1, -0.05) is 20.8 Å². The van der Waals surface area contributed by atoms with Crippen LogP contribution in [0.1, 0.15) is 27.2 Å². The third kappa shape index (κ3) is 3.73. The van der Waals surface area contributed by atoms with Crippen molar-refractivity contribution in [3.63, 3.8) is 0 Å². The van der Waals surface area contributed by atoms with Crippen molar-refractivity contribution in [1.29, 1.82) is 0 Å². The lowest BCUT2D eigenvalue weighted by Gasteiger charge is -2.34. The minimum atomic E-state index is -3.58. The van der Waals surface area contributed by atoms with Crippen molar-refractivity contribution >= 4 is 21.9 Å². The Hall–Kier alpha value is -1.19. The van der Waals surface area contributed by atoms with Crippen molar-refractivity contribution in [3.05, 3.63) is 0 Å². The average Bonchev–Trinajstić information content (AvgIpc) is 2.83. The lowest BCUT2D eigenvalue weighted by Crippen LogP contribution is -2.54. The van der Waals surface area contributed by atoms with E-state index in [-0.39, 0.29) is 24.9 Å². The summed E-state index contributed by atoms with van der Waals surface area (Å²) in [4.78, 5) is 26.2. The van der Waals surface area contributed by atoms with Gasteiger partial charge in [0.05, 0.1) is 18.3 Å². The van der Waals surface area contributed by atoms with Crippen LogP contribution in [-0.4, -0.2) is 68.9 Å². The molecule has 0 aromatic rings. The molecule has 24 heavy (non-hydrogen) atoms. The predicted octanol–water partition coefficient (Wildman–Crippen LogP) is -0.1000. The van der Waals surface area contributed by atoms with Gasteiger partial charge in [-0.2, -0.15) is 0 Å². The van der Waals surface area contributed by atoms with E-state index in [9.17, 15) is 23.1 Å². The van der Waals surface area contributed by atoms with Crippen LogP contribution in [0.2, 0.25) is 0 Å². The molecule has 0 aromatic heterocycles. The second-order valence-electron chi connectivity index (χ2n) is 7.89. The number of carbonyl (C=O) groups is 2. The Kier molecular flexibility index (Phi) is 5.00. The molecule has 2 aliphatic rings. The van der Waals surface area contributed by atoms with Crippen LogP contribution in [0.15, 0.2) is 0 Å². The van der Waals surface area contributed by atoms with E-state index < -0.39 is 32.9 Å².